The topological polar surface area (TPSA) is 91.5 Å². The Bertz CT molecular complexity index is 745. The molecule has 0 saturated carbocycles. The molecule has 2 amide bonds. The second kappa shape index (κ2) is 9.94. The zero-order valence-corrected chi connectivity index (χ0v) is 18.6. The molecule has 2 rings (SSSR count). The molecule has 2 N–H and O–H groups in total. The molecule has 0 aromatic carbocycles. The van der Waals surface area contributed by atoms with Gasteiger partial charge >= 0.3 is 5.97 Å². The van der Waals surface area contributed by atoms with Gasteiger partial charge in [0.05, 0.1) is 11.7 Å². The maximum atomic E-state index is 13.0. The molecule has 7 heteroatoms. The van der Waals surface area contributed by atoms with Gasteiger partial charge in [0.2, 0.25) is 5.91 Å². The number of hydrogen-bond donors (Lipinski definition) is 2. The summed E-state index contributed by atoms with van der Waals surface area (Å²) in [5.74, 6) is -0.118. The molecule has 1 aromatic heterocycles. The van der Waals surface area contributed by atoms with E-state index >= 15 is 0 Å². The van der Waals surface area contributed by atoms with Gasteiger partial charge in [0, 0.05) is 31.2 Å². The monoisotopic (exact) mass is 405 g/mol. The Kier molecular flexibility index (Phi) is 7.88. The molecule has 0 radical (unpaired) electrons. The number of aromatic nitrogens is 1. The summed E-state index contributed by atoms with van der Waals surface area (Å²) in [7, 11) is 0. The van der Waals surface area contributed by atoms with Crippen molar-refractivity contribution in [2.24, 2.45) is 5.92 Å². The van der Waals surface area contributed by atoms with Crippen LogP contribution in [0, 0.1) is 19.8 Å². The smallest absolute Gasteiger partial charge is 0.340 e. The minimum Gasteiger partial charge on any atom is -0.459 e. The molecular formula is C22H35N3O4. The highest BCUT2D eigenvalue weighted by Crippen LogP contribution is 2.25. The van der Waals surface area contributed by atoms with Gasteiger partial charge in [-0.15, -0.1) is 0 Å². The van der Waals surface area contributed by atoms with E-state index in [1.165, 1.54) is 0 Å². The fourth-order valence-electron chi connectivity index (χ4n) is 3.74. The van der Waals surface area contributed by atoms with Crippen LogP contribution < -0.4 is 5.32 Å². The average molecular weight is 406 g/mol. The lowest BCUT2D eigenvalue weighted by Gasteiger charge is -2.32. The molecule has 7 nitrogen and oxygen atoms in total. The van der Waals surface area contributed by atoms with Gasteiger partial charge < -0.3 is 19.9 Å². The van der Waals surface area contributed by atoms with Crippen molar-refractivity contribution in [1.82, 2.24) is 15.2 Å². The van der Waals surface area contributed by atoms with Crippen LogP contribution in [0.15, 0.2) is 0 Å². The Hall–Kier alpha value is -2.31. The van der Waals surface area contributed by atoms with Crippen LogP contribution in [0.1, 0.15) is 85.5 Å². The summed E-state index contributed by atoms with van der Waals surface area (Å²) in [5, 5.41) is 3.01. The van der Waals surface area contributed by atoms with E-state index in [2.05, 4.69) is 10.3 Å². The molecule has 29 heavy (non-hydrogen) atoms. The zero-order valence-electron chi connectivity index (χ0n) is 18.6. The van der Waals surface area contributed by atoms with Crippen molar-refractivity contribution in [1.29, 1.82) is 0 Å². The number of aryl methyl sites for hydroxylation is 1. The molecule has 0 spiro atoms. The Labute approximate surface area is 173 Å². The maximum Gasteiger partial charge on any atom is 0.340 e. The predicted molar refractivity (Wildman–Crippen MR) is 112 cm³/mol. The Morgan fingerprint density at radius 1 is 1.17 bits per heavy atom. The number of carbonyl (C=O) groups excluding carboxylic acids is 3. The summed E-state index contributed by atoms with van der Waals surface area (Å²) in [4.78, 5) is 42.3. The van der Waals surface area contributed by atoms with Crippen molar-refractivity contribution >= 4 is 17.8 Å². The van der Waals surface area contributed by atoms with E-state index in [9.17, 15) is 14.4 Å². The summed E-state index contributed by atoms with van der Waals surface area (Å²) in [6, 6.07) is 0.194. The van der Waals surface area contributed by atoms with Gasteiger partial charge in [-0.3, -0.25) is 9.59 Å². The summed E-state index contributed by atoms with van der Waals surface area (Å²) in [6.45, 7) is 12.4. The first-order valence-electron chi connectivity index (χ1n) is 10.6. The zero-order chi connectivity index (χ0) is 21.7. The van der Waals surface area contributed by atoms with Gasteiger partial charge in [-0.2, -0.15) is 0 Å². The SMILES string of the molecule is CC[C@H](C)NC(=O)CC1CCN(C(=O)c2[nH]c(C)c(C(=O)OC(C)C)c2C)CC1. The Balaban J connectivity index is 1.97. The first-order chi connectivity index (χ1) is 13.6. The molecule has 1 aliphatic rings. The average Bonchev–Trinajstić information content (AvgIpc) is 2.95. The highest BCUT2D eigenvalue weighted by molar-refractivity contribution is 6.00. The Morgan fingerprint density at radius 2 is 1.79 bits per heavy atom. The number of carbonyl (C=O) groups is 3. The minimum atomic E-state index is -0.406. The maximum absolute atomic E-state index is 13.0. The van der Waals surface area contributed by atoms with E-state index in [0.717, 1.165) is 19.3 Å². The van der Waals surface area contributed by atoms with Gasteiger partial charge in [-0.05, 0) is 65.4 Å². The van der Waals surface area contributed by atoms with Gasteiger partial charge in [0.1, 0.15) is 5.69 Å². The minimum absolute atomic E-state index is 0.0910. The molecule has 1 fully saturated rings. The number of ether oxygens (including phenoxy) is 1. The number of aromatic amines is 1. The van der Waals surface area contributed by atoms with E-state index in [-0.39, 0.29) is 24.0 Å². The van der Waals surface area contributed by atoms with E-state index < -0.39 is 5.97 Å². The van der Waals surface area contributed by atoms with Crippen LogP contribution in [0.25, 0.3) is 0 Å². The third kappa shape index (κ3) is 5.84. The van der Waals surface area contributed by atoms with Gasteiger partial charge in [0.25, 0.3) is 5.91 Å². The van der Waals surface area contributed by atoms with Crippen molar-refractivity contribution in [3.63, 3.8) is 0 Å². The molecule has 1 atom stereocenters. The van der Waals surface area contributed by atoms with Crippen LogP contribution in [0.2, 0.25) is 0 Å². The molecule has 1 saturated heterocycles. The fraction of sp³-hybridized carbons (Fsp3) is 0.682. The van der Waals surface area contributed by atoms with E-state index in [4.69, 9.17) is 4.74 Å². The van der Waals surface area contributed by atoms with Gasteiger partial charge in [-0.1, -0.05) is 6.92 Å². The van der Waals surface area contributed by atoms with Crippen LogP contribution in [0.3, 0.4) is 0 Å². The first kappa shape index (κ1) is 23.0. The molecule has 2 heterocycles. The van der Waals surface area contributed by atoms with Crippen molar-refractivity contribution in [2.45, 2.75) is 79.4 Å². The van der Waals surface area contributed by atoms with E-state index in [1.54, 1.807) is 32.6 Å². The number of nitrogens with zero attached hydrogens (tertiary/aromatic N) is 1. The molecule has 1 aromatic rings. The molecule has 0 aliphatic carbocycles. The van der Waals surface area contributed by atoms with Gasteiger partial charge in [0.15, 0.2) is 0 Å². The third-order valence-electron chi connectivity index (χ3n) is 5.59. The summed E-state index contributed by atoms with van der Waals surface area (Å²) in [6.07, 6.45) is 2.83. The number of likely N-dealkylation sites (tertiary alicyclic amines) is 1. The lowest BCUT2D eigenvalue weighted by atomic mass is 9.92. The van der Waals surface area contributed by atoms with Crippen LogP contribution in [-0.2, 0) is 9.53 Å². The normalized spacial score (nSPS) is 16.0. The van der Waals surface area contributed by atoms with Crippen molar-refractivity contribution in [3.8, 4) is 0 Å². The second-order valence-electron chi connectivity index (χ2n) is 8.40. The highest BCUT2D eigenvalue weighted by atomic mass is 16.5. The lowest BCUT2D eigenvalue weighted by Crippen LogP contribution is -2.40. The highest BCUT2D eigenvalue weighted by Gasteiger charge is 2.29. The Morgan fingerprint density at radius 3 is 2.34 bits per heavy atom. The molecular weight excluding hydrogens is 370 g/mol. The molecule has 1 aliphatic heterocycles. The number of hydrogen-bond acceptors (Lipinski definition) is 4. The molecule has 0 unspecified atom stereocenters. The number of esters is 1. The number of piperidine rings is 1. The fourth-order valence-corrected chi connectivity index (χ4v) is 3.74. The number of nitrogens with one attached hydrogen (secondary N) is 2. The number of H-pyrrole nitrogens is 1. The lowest BCUT2D eigenvalue weighted by molar-refractivity contribution is -0.122. The summed E-state index contributed by atoms with van der Waals surface area (Å²) >= 11 is 0. The van der Waals surface area contributed by atoms with E-state index in [1.807, 2.05) is 13.8 Å². The summed E-state index contributed by atoms with van der Waals surface area (Å²) in [5.41, 5.74) is 2.17. The summed E-state index contributed by atoms with van der Waals surface area (Å²) < 4.78 is 5.30. The number of amides is 2. The molecule has 162 valence electrons. The van der Waals surface area contributed by atoms with Crippen LogP contribution in [0.4, 0.5) is 0 Å². The third-order valence-corrected chi connectivity index (χ3v) is 5.59. The molecule has 0 bridgehead atoms. The predicted octanol–water partition coefficient (Wildman–Crippen LogP) is 3.35. The van der Waals surface area contributed by atoms with Crippen LogP contribution >= 0.6 is 0 Å². The van der Waals surface area contributed by atoms with Crippen molar-refractivity contribution in [2.75, 3.05) is 13.1 Å². The van der Waals surface area contributed by atoms with Crippen LogP contribution in [-0.4, -0.2) is 52.9 Å². The first-order valence-corrected chi connectivity index (χ1v) is 10.6. The van der Waals surface area contributed by atoms with Gasteiger partial charge in [-0.25, -0.2) is 4.79 Å². The van der Waals surface area contributed by atoms with Crippen molar-refractivity contribution in [3.05, 3.63) is 22.5 Å². The standard InChI is InChI=1S/C22H35N3O4/c1-7-14(4)23-18(26)12-17-8-10-25(11-9-17)21(27)20-15(5)19(16(6)24-20)22(28)29-13(2)3/h13-14,17,24H,7-12H2,1-6H3,(H,23,26)/t14-/m0/s1. The second-order valence-corrected chi connectivity index (χ2v) is 8.40. The largest absolute Gasteiger partial charge is 0.459 e. The van der Waals surface area contributed by atoms with Crippen LogP contribution in [0.5, 0.6) is 0 Å². The number of rotatable bonds is 7. The van der Waals surface area contributed by atoms with E-state index in [0.29, 0.717) is 47.9 Å². The quantitative estimate of drug-likeness (QED) is 0.681. The van der Waals surface area contributed by atoms with Crippen molar-refractivity contribution < 1.29 is 19.1 Å².